The molecule has 0 aliphatic carbocycles. The van der Waals surface area contributed by atoms with Gasteiger partial charge in [0.25, 0.3) is 0 Å². The van der Waals surface area contributed by atoms with Gasteiger partial charge in [-0.3, -0.25) is 9.78 Å². The highest BCUT2D eigenvalue weighted by Gasteiger charge is 2.26. The van der Waals surface area contributed by atoms with Crippen LogP contribution in [-0.2, 0) is 22.5 Å². The molecule has 0 spiro atoms. The van der Waals surface area contributed by atoms with Crippen molar-refractivity contribution in [2.24, 2.45) is 4.99 Å². The Kier molecular flexibility index (Phi) is 6.01. The molecule has 1 N–H and O–H groups in total. The van der Waals surface area contributed by atoms with Gasteiger partial charge >= 0.3 is 0 Å². The number of aliphatic imine (C=N–C) groups is 1. The van der Waals surface area contributed by atoms with Crippen LogP contribution in [-0.4, -0.2) is 28.4 Å². The molecule has 142 valence electrons. The van der Waals surface area contributed by atoms with E-state index in [2.05, 4.69) is 16.9 Å². The van der Waals surface area contributed by atoms with Gasteiger partial charge in [0.15, 0.2) is 0 Å². The van der Waals surface area contributed by atoms with Gasteiger partial charge in [0, 0.05) is 18.5 Å². The van der Waals surface area contributed by atoms with Crippen molar-refractivity contribution >= 4 is 11.7 Å². The number of hydrogen-bond acceptors (Lipinski definition) is 5. The molecule has 0 radical (unpaired) electrons. The fourth-order valence-corrected chi connectivity index (χ4v) is 3.45. The van der Waals surface area contributed by atoms with Gasteiger partial charge in [-0.15, -0.1) is 0 Å². The summed E-state index contributed by atoms with van der Waals surface area (Å²) >= 11 is 0. The summed E-state index contributed by atoms with van der Waals surface area (Å²) in [5.74, 6) is 0.836. The smallest absolute Gasteiger partial charge is 0.218 e. The number of nitrogens with zero attached hydrogens (tertiary/aromatic N) is 2. The molecule has 27 heavy (non-hydrogen) atoms. The normalized spacial score (nSPS) is 15.0. The maximum absolute atomic E-state index is 12.6. The Morgan fingerprint density at radius 3 is 2.67 bits per heavy atom. The molecule has 2 aromatic rings. The standard InChI is InChI=1S/C22H26N2O3/c1-4-27-22-20-17(13-23-22)11-18(24-21(20)15(3)25)12-19(26)10-14(2)16-8-6-5-7-9-16/h5-9,11,14-15,25H,4,10,12-13H2,1-3H3/t14-,15+/m0/s1. The molecule has 2 heterocycles. The van der Waals surface area contributed by atoms with Crippen molar-refractivity contribution < 1.29 is 14.6 Å². The number of ketones is 1. The van der Waals surface area contributed by atoms with E-state index in [-0.39, 0.29) is 18.1 Å². The van der Waals surface area contributed by atoms with Crippen LogP contribution in [0, 0.1) is 0 Å². The molecule has 0 unspecified atom stereocenters. The third-order valence-electron chi connectivity index (χ3n) is 4.75. The molecule has 5 heteroatoms. The van der Waals surface area contributed by atoms with Gasteiger partial charge in [-0.25, -0.2) is 4.99 Å². The number of aliphatic hydroxyl groups is 1. The third-order valence-corrected chi connectivity index (χ3v) is 4.75. The maximum atomic E-state index is 12.6. The summed E-state index contributed by atoms with van der Waals surface area (Å²) in [6.45, 7) is 6.64. The Hall–Kier alpha value is -2.53. The van der Waals surface area contributed by atoms with E-state index >= 15 is 0 Å². The zero-order valence-electron chi connectivity index (χ0n) is 16.1. The molecule has 0 amide bonds. The minimum absolute atomic E-state index is 0.138. The number of carbonyl (C=O) groups excluding carboxylic acids is 1. The van der Waals surface area contributed by atoms with E-state index in [0.717, 1.165) is 16.7 Å². The Morgan fingerprint density at radius 2 is 2.00 bits per heavy atom. The molecular weight excluding hydrogens is 340 g/mol. The number of hydrogen-bond donors (Lipinski definition) is 1. The Balaban J connectivity index is 1.76. The van der Waals surface area contributed by atoms with Crippen LogP contribution in [0.15, 0.2) is 41.4 Å². The van der Waals surface area contributed by atoms with E-state index in [4.69, 9.17) is 4.74 Å². The highest BCUT2D eigenvalue weighted by Crippen LogP contribution is 2.28. The quantitative estimate of drug-likeness (QED) is 0.810. The Bertz CT molecular complexity index is 844. The zero-order chi connectivity index (χ0) is 19.4. The predicted molar refractivity (Wildman–Crippen MR) is 105 cm³/mol. The molecule has 0 fully saturated rings. The lowest BCUT2D eigenvalue weighted by atomic mass is 9.94. The van der Waals surface area contributed by atoms with E-state index in [1.54, 1.807) is 6.92 Å². The van der Waals surface area contributed by atoms with Crippen molar-refractivity contribution in [2.45, 2.75) is 52.2 Å². The first-order valence-corrected chi connectivity index (χ1v) is 9.44. The summed E-state index contributed by atoms with van der Waals surface area (Å²) in [5, 5.41) is 10.2. The lowest BCUT2D eigenvalue weighted by Gasteiger charge is -2.15. The van der Waals surface area contributed by atoms with Crippen LogP contribution in [0.4, 0.5) is 0 Å². The molecule has 0 saturated heterocycles. The second kappa shape index (κ2) is 8.44. The topological polar surface area (TPSA) is 71.8 Å². The molecule has 3 rings (SSSR count). The van der Waals surface area contributed by atoms with Crippen molar-refractivity contribution in [1.29, 1.82) is 0 Å². The molecule has 0 saturated carbocycles. The first kappa shape index (κ1) is 19.2. The highest BCUT2D eigenvalue weighted by molar-refractivity contribution is 5.99. The number of aromatic nitrogens is 1. The predicted octanol–water partition coefficient (Wildman–Crippen LogP) is 3.74. The largest absolute Gasteiger partial charge is 0.478 e. The molecule has 0 bridgehead atoms. The second-order valence-corrected chi connectivity index (χ2v) is 6.99. The number of pyridine rings is 1. The number of fused-ring (bicyclic) bond motifs is 1. The molecular formula is C22H26N2O3. The fraction of sp³-hybridized carbons (Fsp3) is 0.409. The molecule has 5 nitrogen and oxygen atoms in total. The van der Waals surface area contributed by atoms with E-state index in [1.807, 2.05) is 43.3 Å². The maximum Gasteiger partial charge on any atom is 0.218 e. The fourth-order valence-electron chi connectivity index (χ4n) is 3.45. The number of carbonyl (C=O) groups is 1. The average molecular weight is 366 g/mol. The summed E-state index contributed by atoms with van der Waals surface area (Å²) in [5.41, 5.74) is 4.12. The van der Waals surface area contributed by atoms with Gasteiger partial charge in [0.05, 0.1) is 30.5 Å². The first-order chi connectivity index (χ1) is 13.0. The second-order valence-electron chi connectivity index (χ2n) is 6.99. The summed E-state index contributed by atoms with van der Waals surface area (Å²) in [6.07, 6.45) is -0.0254. The van der Waals surface area contributed by atoms with Gasteiger partial charge in [-0.2, -0.15) is 0 Å². The van der Waals surface area contributed by atoms with Crippen LogP contribution in [0.5, 0.6) is 0 Å². The lowest BCUT2D eigenvalue weighted by Crippen LogP contribution is -2.15. The minimum atomic E-state index is -0.749. The van der Waals surface area contributed by atoms with Crippen LogP contribution in [0.25, 0.3) is 0 Å². The lowest BCUT2D eigenvalue weighted by molar-refractivity contribution is -0.118. The molecule has 1 aliphatic heterocycles. The van der Waals surface area contributed by atoms with Gasteiger partial charge in [0.1, 0.15) is 5.78 Å². The molecule has 2 atom stereocenters. The van der Waals surface area contributed by atoms with Crippen LogP contribution >= 0.6 is 0 Å². The number of rotatable bonds is 7. The van der Waals surface area contributed by atoms with Crippen LogP contribution in [0.1, 0.15) is 67.3 Å². The summed E-state index contributed by atoms with van der Waals surface area (Å²) in [7, 11) is 0. The van der Waals surface area contributed by atoms with Gasteiger partial charge in [-0.1, -0.05) is 37.3 Å². The average Bonchev–Trinajstić information content (AvgIpc) is 3.04. The van der Waals surface area contributed by atoms with Crippen molar-refractivity contribution in [1.82, 2.24) is 4.98 Å². The molecule has 1 aromatic carbocycles. The van der Waals surface area contributed by atoms with Crippen LogP contribution in [0.3, 0.4) is 0 Å². The summed E-state index contributed by atoms with van der Waals surface area (Å²) in [6, 6.07) is 12.0. The van der Waals surface area contributed by atoms with E-state index in [9.17, 15) is 9.90 Å². The van der Waals surface area contributed by atoms with Crippen molar-refractivity contribution in [2.75, 3.05) is 6.61 Å². The molecule has 1 aromatic heterocycles. The monoisotopic (exact) mass is 366 g/mol. The van der Waals surface area contributed by atoms with E-state index < -0.39 is 6.10 Å². The van der Waals surface area contributed by atoms with Crippen LogP contribution < -0.4 is 0 Å². The highest BCUT2D eigenvalue weighted by atomic mass is 16.5. The zero-order valence-corrected chi connectivity index (χ0v) is 16.1. The third kappa shape index (κ3) is 4.42. The van der Waals surface area contributed by atoms with E-state index in [1.165, 1.54) is 0 Å². The number of benzene rings is 1. The summed E-state index contributed by atoms with van der Waals surface area (Å²) in [4.78, 5) is 21.6. The van der Waals surface area contributed by atoms with Gasteiger partial charge in [-0.05, 0) is 37.0 Å². The number of ether oxygens (including phenoxy) is 1. The summed E-state index contributed by atoms with van der Waals surface area (Å²) < 4.78 is 5.57. The van der Waals surface area contributed by atoms with Gasteiger partial charge in [0.2, 0.25) is 5.90 Å². The van der Waals surface area contributed by atoms with E-state index in [0.29, 0.717) is 36.9 Å². The van der Waals surface area contributed by atoms with Gasteiger partial charge < -0.3 is 9.84 Å². The Labute approximate surface area is 160 Å². The van der Waals surface area contributed by atoms with Crippen molar-refractivity contribution in [3.63, 3.8) is 0 Å². The minimum Gasteiger partial charge on any atom is -0.478 e. The Morgan fingerprint density at radius 1 is 1.26 bits per heavy atom. The first-order valence-electron chi connectivity index (χ1n) is 9.44. The SMILES string of the molecule is CCOC1=NCc2cc(CC(=O)C[C@H](C)c3ccccc3)nc([C@@H](C)O)c21. The van der Waals surface area contributed by atoms with Crippen molar-refractivity contribution in [3.8, 4) is 0 Å². The van der Waals surface area contributed by atoms with Crippen molar-refractivity contribution in [3.05, 3.63) is 64.5 Å². The number of Topliss-reactive ketones (excluding diaryl/α,β-unsaturated/α-hetero) is 1. The van der Waals surface area contributed by atoms with Crippen LogP contribution in [0.2, 0.25) is 0 Å². The number of aliphatic hydroxyl groups excluding tert-OH is 1. The molecule has 1 aliphatic rings.